The number of methoxy groups -OCH3 is 4. The van der Waals surface area contributed by atoms with Crippen molar-refractivity contribution in [1.82, 2.24) is 4.90 Å². The lowest BCUT2D eigenvalue weighted by atomic mass is 10.1. The fourth-order valence-corrected chi connectivity index (χ4v) is 6.31. The van der Waals surface area contributed by atoms with Gasteiger partial charge < -0.3 is 39.1 Å². The minimum atomic E-state index is -1.25. The van der Waals surface area contributed by atoms with Gasteiger partial charge in [0.05, 0.1) is 50.6 Å². The molecule has 0 aliphatic rings. The molecule has 1 aromatic heterocycles. The van der Waals surface area contributed by atoms with Gasteiger partial charge in [0.2, 0.25) is 0 Å². The highest BCUT2D eigenvalue weighted by molar-refractivity contribution is 6.13. The minimum Gasteiger partial charge on any atom is -0.493 e. The van der Waals surface area contributed by atoms with Crippen molar-refractivity contribution < 1.29 is 42.9 Å². The van der Waals surface area contributed by atoms with E-state index >= 15 is 0 Å². The molecule has 6 rings (SSSR count). The van der Waals surface area contributed by atoms with Crippen LogP contribution < -0.4 is 35.0 Å². The van der Waals surface area contributed by atoms with Crippen molar-refractivity contribution in [2.45, 2.75) is 19.5 Å². The Morgan fingerprint density at radius 2 is 1.25 bits per heavy atom. The van der Waals surface area contributed by atoms with Crippen molar-refractivity contribution in [3.8, 4) is 23.0 Å². The third kappa shape index (κ3) is 9.58. The highest BCUT2D eigenvalue weighted by Gasteiger charge is 2.20. The van der Waals surface area contributed by atoms with Gasteiger partial charge in [-0.05, 0) is 89.8 Å². The number of para-hydroxylation sites is 1. The molecule has 1 heterocycles. The Labute approximate surface area is 328 Å². The van der Waals surface area contributed by atoms with Crippen LogP contribution >= 0.6 is 0 Å². The summed E-state index contributed by atoms with van der Waals surface area (Å²) >= 11 is 0. The van der Waals surface area contributed by atoms with Crippen LogP contribution in [0.2, 0.25) is 0 Å². The van der Waals surface area contributed by atoms with Gasteiger partial charge in [0.25, 0.3) is 11.8 Å². The van der Waals surface area contributed by atoms with Crippen molar-refractivity contribution >= 4 is 40.1 Å². The zero-order chi connectivity index (χ0) is 40.5. The molecule has 13 heteroatoms. The number of nitrogens with one attached hydrogen (secondary N) is 2. The molecular formula is C44H41N3O10. The lowest BCUT2D eigenvalue weighted by Crippen LogP contribution is -2.25. The monoisotopic (exact) mass is 771 g/mol. The molecule has 292 valence electrons. The fraction of sp³-hybridized carbons (Fsp3) is 0.182. The zero-order valence-electron chi connectivity index (χ0n) is 31.8. The van der Waals surface area contributed by atoms with Gasteiger partial charge in [-0.1, -0.05) is 36.4 Å². The summed E-state index contributed by atoms with van der Waals surface area (Å²) in [6, 6.07) is 30.4. The van der Waals surface area contributed by atoms with Crippen molar-refractivity contribution in [3.63, 3.8) is 0 Å². The molecule has 0 bridgehead atoms. The number of rotatable bonds is 16. The van der Waals surface area contributed by atoms with Crippen LogP contribution in [-0.4, -0.2) is 62.8 Å². The van der Waals surface area contributed by atoms with E-state index in [0.29, 0.717) is 60.1 Å². The Morgan fingerprint density at radius 3 is 1.84 bits per heavy atom. The van der Waals surface area contributed by atoms with E-state index in [-0.39, 0.29) is 28.2 Å². The summed E-state index contributed by atoms with van der Waals surface area (Å²) in [5.41, 5.74) is 3.14. The van der Waals surface area contributed by atoms with Crippen molar-refractivity contribution in [3.05, 3.63) is 153 Å². The molecule has 0 saturated carbocycles. The fourth-order valence-electron chi connectivity index (χ4n) is 6.31. The third-order valence-electron chi connectivity index (χ3n) is 9.25. The smallest absolute Gasteiger partial charge is 0.335 e. The summed E-state index contributed by atoms with van der Waals surface area (Å²) < 4.78 is 27.6. The first-order valence-corrected chi connectivity index (χ1v) is 17.8. The van der Waals surface area contributed by atoms with Crippen LogP contribution in [0.1, 0.15) is 48.0 Å². The Morgan fingerprint density at radius 1 is 0.649 bits per heavy atom. The molecule has 3 N–H and O–H groups in total. The summed E-state index contributed by atoms with van der Waals surface area (Å²) in [6.45, 7) is 1.93. The van der Waals surface area contributed by atoms with Gasteiger partial charge in [-0.2, -0.15) is 0 Å². The van der Waals surface area contributed by atoms with Crippen molar-refractivity contribution in [2.24, 2.45) is 0 Å². The third-order valence-corrected chi connectivity index (χ3v) is 9.25. The van der Waals surface area contributed by atoms with Crippen LogP contribution in [0.3, 0.4) is 0 Å². The number of amides is 2. The van der Waals surface area contributed by atoms with E-state index in [1.807, 2.05) is 48.5 Å². The first kappa shape index (κ1) is 39.6. The Bertz CT molecular complexity index is 2420. The molecule has 0 atom stereocenters. The molecule has 2 amide bonds. The number of carbonyl (C=O) groups is 3. The first-order valence-electron chi connectivity index (χ1n) is 17.8. The topological polar surface area (TPSA) is 166 Å². The van der Waals surface area contributed by atoms with Crippen LogP contribution in [0, 0.1) is 0 Å². The molecule has 0 radical (unpaired) electrons. The molecule has 0 spiro atoms. The van der Waals surface area contributed by atoms with Gasteiger partial charge in [0.15, 0.2) is 34.2 Å². The Kier molecular flexibility index (Phi) is 12.5. The number of carboxylic acid groups (broad SMARTS) is 1. The molecule has 5 aromatic carbocycles. The molecule has 0 saturated heterocycles. The Hall–Kier alpha value is -7.12. The van der Waals surface area contributed by atoms with Crippen molar-refractivity contribution in [2.75, 3.05) is 45.6 Å². The largest absolute Gasteiger partial charge is 0.493 e. The quantitative estimate of drug-likeness (QED) is 0.0906. The van der Waals surface area contributed by atoms with Crippen LogP contribution in [0.15, 0.2) is 118 Å². The zero-order valence-corrected chi connectivity index (χ0v) is 31.8. The number of benzene rings is 5. The minimum absolute atomic E-state index is 0.00142. The number of ether oxygens (including phenoxy) is 4. The van der Waals surface area contributed by atoms with Gasteiger partial charge in [-0.15, -0.1) is 0 Å². The molecule has 57 heavy (non-hydrogen) atoms. The second-order valence-electron chi connectivity index (χ2n) is 13.0. The van der Waals surface area contributed by atoms with Gasteiger partial charge in [-0.25, -0.2) is 4.79 Å². The predicted molar refractivity (Wildman–Crippen MR) is 215 cm³/mol. The van der Waals surface area contributed by atoms with E-state index in [1.165, 1.54) is 18.2 Å². The molecule has 0 aliphatic carbocycles. The van der Waals surface area contributed by atoms with Crippen LogP contribution in [0.5, 0.6) is 23.0 Å². The Balaban J connectivity index is 1.17. The highest BCUT2D eigenvalue weighted by Crippen LogP contribution is 2.30. The van der Waals surface area contributed by atoms with Gasteiger partial charge in [0.1, 0.15) is 5.58 Å². The maximum Gasteiger partial charge on any atom is 0.335 e. The molecule has 6 aromatic rings. The number of carboxylic acids is 1. The van der Waals surface area contributed by atoms with Gasteiger partial charge in [-0.3, -0.25) is 19.3 Å². The van der Waals surface area contributed by atoms with E-state index in [1.54, 1.807) is 64.8 Å². The number of hydrogen-bond donors (Lipinski definition) is 3. The molecule has 0 fully saturated rings. The molecule has 0 unspecified atom stereocenters. The maximum absolute atomic E-state index is 13.6. The molecule has 13 nitrogen and oxygen atoms in total. The van der Waals surface area contributed by atoms with Crippen LogP contribution in [0.4, 0.5) is 11.4 Å². The van der Waals surface area contributed by atoms with Crippen molar-refractivity contribution in [1.29, 1.82) is 0 Å². The standard InChI is InChI=1S/C44H41N3O10/c1-53-37-17-11-28(21-39(37)55-3)25-47(26-29-12-18-38(54-2)40(22-29)56-4)20-19-27-9-14-31(15-10-27)45-42(49)32-16-13-30(44(51)52)23-34(32)46-43(50)41-24-35(48)33-7-5-6-8-36(33)57-41/h5-18,21-24H,19-20,25-26H2,1-4H3,(H,45,49)(H,46,50)(H,51,52). The van der Waals surface area contributed by atoms with E-state index in [9.17, 15) is 24.3 Å². The number of hydrogen-bond acceptors (Lipinski definition) is 10. The van der Waals surface area contributed by atoms with E-state index in [0.717, 1.165) is 22.8 Å². The van der Waals surface area contributed by atoms with E-state index < -0.39 is 23.2 Å². The summed E-state index contributed by atoms with van der Waals surface area (Å²) in [5, 5.41) is 15.3. The number of anilines is 2. The number of aromatic carboxylic acids is 1. The summed E-state index contributed by atoms with van der Waals surface area (Å²) in [4.78, 5) is 53.5. The average Bonchev–Trinajstić information content (AvgIpc) is 3.23. The second kappa shape index (κ2) is 18.0. The lowest BCUT2D eigenvalue weighted by Gasteiger charge is -2.24. The highest BCUT2D eigenvalue weighted by atomic mass is 16.5. The van der Waals surface area contributed by atoms with Gasteiger partial charge in [0, 0.05) is 31.4 Å². The lowest BCUT2D eigenvalue weighted by molar-refractivity contribution is 0.0696. The van der Waals surface area contributed by atoms with Crippen LogP contribution in [0.25, 0.3) is 11.0 Å². The van der Waals surface area contributed by atoms with E-state index in [2.05, 4.69) is 15.5 Å². The molecule has 0 aliphatic heterocycles. The maximum atomic E-state index is 13.6. The number of carbonyl (C=O) groups excluding carboxylic acids is 2. The predicted octanol–water partition coefficient (Wildman–Crippen LogP) is 7.28. The SMILES string of the molecule is COc1ccc(CN(CCc2ccc(NC(=O)c3ccc(C(=O)O)cc3NC(=O)c3cc(=O)c4ccccc4o3)cc2)Cc2ccc(OC)c(OC)c2)cc1OC. The summed E-state index contributed by atoms with van der Waals surface area (Å²) in [6.07, 6.45) is 0.687. The second-order valence-corrected chi connectivity index (χ2v) is 13.0. The molecular weight excluding hydrogens is 730 g/mol. The van der Waals surface area contributed by atoms with E-state index in [4.69, 9.17) is 23.4 Å². The first-order chi connectivity index (χ1) is 27.6. The van der Waals surface area contributed by atoms with Gasteiger partial charge >= 0.3 is 5.97 Å². The summed E-state index contributed by atoms with van der Waals surface area (Å²) in [7, 11) is 6.42. The van der Waals surface area contributed by atoms with Crippen LogP contribution in [-0.2, 0) is 19.5 Å². The number of nitrogens with zero attached hydrogens (tertiary/aromatic N) is 1. The summed E-state index contributed by atoms with van der Waals surface area (Å²) in [5.74, 6) is -0.392. The average molecular weight is 772 g/mol. The normalized spacial score (nSPS) is 10.9. The number of fused-ring (bicyclic) bond motifs is 1.